The van der Waals surface area contributed by atoms with Crippen LogP contribution in [0.3, 0.4) is 0 Å². The molecule has 7 heteroatoms. The summed E-state index contributed by atoms with van der Waals surface area (Å²) in [5.41, 5.74) is 4.01. The van der Waals surface area contributed by atoms with Gasteiger partial charge in [-0.1, -0.05) is 11.2 Å². The number of benzene rings is 1. The molecule has 0 fully saturated rings. The molecule has 1 atom stereocenters. The van der Waals surface area contributed by atoms with Crippen LogP contribution in [0.1, 0.15) is 29.4 Å². The molecule has 0 spiro atoms. The number of hydrogen-bond acceptors (Lipinski definition) is 6. The van der Waals surface area contributed by atoms with Crippen LogP contribution in [0.15, 0.2) is 41.2 Å². The van der Waals surface area contributed by atoms with E-state index < -0.39 is 0 Å². The molecule has 144 valence electrons. The van der Waals surface area contributed by atoms with Gasteiger partial charge >= 0.3 is 0 Å². The van der Waals surface area contributed by atoms with E-state index in [9.17, 15) is 0 Å². The number of halogens is 1. The van der Waals surface area contributed by atoms with Crippen LogP contribution < -0.4 is 10.1 Å². The number of nitrogens with one attached hydrogen (secondary N) is 1. The first-order valence-electron chi connectivity index (χ1n) is 8.70. The maximum atomic E-state index is 6.00. The van der Waals surface area contributed by atoms with Crippen molar-refractivity contribution in [2.45, 2.75) is 39.8 Å². The standard InChI is InChI=1S/C20H24N4O2.ClH/c1-13-8-17(20-23-18(24-26-20)10-15(3)21-4)9-14(2)19(13)25-12-16-6-5-7-22-11-16;/h5-9,11,15,21H,10,12H2,1-4H3;1H. The molecular weight excluding hydrogens is 364 g/mol. The van der Waals surface area contributed by atoms with Crippen molar-refractivity contribution in [3.8, 4) is 17.2 Å². The molecule has 3 rings (SSSR count). The lowest BCUT2D eigenvalue weighted by molar-refractivity contribution is 0.301. The molecule has 6 nitrogen and oxygen atoms in total. The highest BCUT2D eigenvalue weighted by Crippen LogP contribution is 2.30. The van der Waals surface area contributed by atoms with Crippen molar-refractivity contribution in [1.29, 1.82) is 0 Å². The first-order chi connectivity index (χ1) is 12.6. The van der Waals surface area contributed by atoms with Crippen molar-refractivity contribution in [3.05, 3.63) is 59.2 Å². The molecule has 2 heterocycles. The summed E-state index contributed by atoms with van der Waals surface area (Å²) >= 11 is 0. The van der Waals surface area contributed by atoms with Gasteiger partial charge in [-0.2, -0.15) is 4.98 Å². The van der Waals surface area contributed by atoms with Crippen molar-refractivity contribution in [1.82, 2.24) is 20.4 Å². The topological polar surface area (TPSA) is 73.1 Å². The Labute approximate surface area is 165 Å². The third-order valence-electron chi connectivity index (χ3n) is 4.26. The number of likely N-dealkylation sites (N-methyl/N-ethyl adjacent to an activating group) is 1. The van der Waals surface area contributed by atoms with Crippen molar-refractivity contribution < 1.29 is 9.26 Å². The smallest absolute Gasteiger partial charge is 0.257 e. The van der Waals surface area contributed by atoms with Gasteiger partial charge in [0.05, 0.1) is 0 Å². The van der Waals surface area contributed by atoms with E-state index in [1.807, 2.05) is 51.4 Å². The van der Waals surface area contributed by atoms with E-state index in [0.29, 0.717) is 24.4 Å². The summed E-state index contributed by atoms with van der Waals surface area (Å²) in [6.07, 6.45) is 4.29. The Balaban J connectivity index is 0.00000261. The minimum atomic E-state index is 0. The van der Waals surface area contributed by atoms with E-state index in [4.69, 9.17) is 9.26 Å². The SMILES string of the molecule is CNC(C)Cc1noc(-c2cc(C)c(OCc3cccnc3)c(C)c2)n1.Cl. The first-order valence-corrected chi connectivity index (χ1v) is 8.70. The van der Waals surface area contributed by atoms with E-state index in [1.165, 1.54) is 0 Å². The van der Waals surface area contributed by atoms with E-state index in [2.05, 4.69) is 27.4 Å². The molecule has 3 aromatic rings. The zero-order valence-corrected chi connectivity index (χ0v) is 16.8. The van der Waals surface area contributed by atoms with Gasteiger partial charge in [-0.05, 0) is 57.1 Å². The number of aryl methyl sites for hydroxylation is 2. The van der Waals surface area contributed by atoms with Gasteiger partial charge in [-0.15, -0.1) is 12.4 Å². The molecule has 27 heavy (non-hydrogen) atoms. The Morgan fingerprint density at radius 1 is 1.22 bits per heavy atom. The second-order valence-corrected chi connectivity index (χ2v) is 6.50. The van der Waals surface area contributed by atoms with E-state index in [-0.39, 0.29) is 12.4 Å². The zero-order chi connectivity index (χ0) is 18.5. The quantitative estimate of drug-likeness (QED) is 0.661. The number of hydrogen-bond donors (Lipinski definition) is 1. The van der Waals surface area contributed by atoms with E-state index >= 15 is 0 Å². The fraction of sp³-hybridized carbons (Fsp3) is 0.350. The maximum absolute atomic E-state index is 6.00. The Bertz CT molecular complexity index is 844. The summed E-state index contributed by atoms with van der Waals surface area (Å²) in [4.78, 5) is 8.62. The fourth-order valence-corrected chi connectivity index (χ4v) is 2.77. The zero-order valence-electron chi connectivity index (χ0n) is 16.0. The lowest BCUT2D eigenvalue weighted by atomic mass is 10.1. The van der Waals surface area contributed by atoms with Crippen LogP contribution in [0, 0.1) is 13.8 Å². The van der Waals surface area contributed by atoms with Crippen LogP contribution in [0.4, 0.5) is 0 Å². The Hall–Kier alpha value is -2.44. The largest absolute Gasteiger partial charge is 0.488 e. The van der Waals surface area contributed by atoms with Crippen molar-refractivity contribution in [2.24, 2.45) is 0 Å². The molecular formula is C20H25ClN4O2. The molecule has 0 saturated carbocycles. The summed E-state index contributed by atoms with van der Waals surface area (Å²) in [6, 6.07) is 8.24. The normalized spacial score (nSPS) is 11.7. The van der Waals surface area contributed by atoms with Gasteiger partial charge in [0.15, 0.2) is 5.82 Å². The van der Waals surface area contributed by atoms with Gasteiger partial charge < -0.3 is 14.6 Å². The third kappa shape index (κ3) is 5.28. The molecule has 2 aromatic heterocycles. The molecule has 0 aliphatic rings. The third-order valence-corrected chi connectivity index (χ3v) is 4.26. The Morgan fingerprint density at radius 3 is 2.59 bits per heavy atom. The molecule has 0 aliphatic heterocycles. The highest BCUT2D eigenvalue weighted by molar-refractivity contribution is 5.85. The van der Waals surface area contributed by atoms with Gasteiger partial charge in [0.25, 0.3) is 5.89 Å². The van der Waals surface area contributed by atoms with Crippen LogP contribution in [0.5, 0.6) is 5.75 Å². The van der Waals surface area contributed by atoms with Crippen LogP contribution in [-0.4, -0.2) is 28.2 Å². The van der Waals surface area contributed by atoms with Crippen LogP contribution in [0.25, 0.3) is 11.5 Å². The highest BCUT2D eigenvalue weighted by atomic mass is 35.5. The van der Waals surface area contributed by atoms with Gasteiger partial charge in [0.1, 0.15) is 12.4 Å². The Morgan fingerprint density at radius 2 is 1.96 bits per heavy atom. The lowest BCUT2D eigenvalue weighted by Gasteiger charge is -2.13. The van der Waals surface area contributed by atoms with Gasteiger partial charge in [0.2, 0.25) is 0 Å². The van der Waals surface area contributed by atoms with Gasteiger partial charge in [-0.25, -0.2) is 0 Å². The summed E-state index contributed by atoms with van der Waals surface area (Å²) in [5.74, 6) is 2.11. The van der Waals surface area contributed by atoms with Crippen LogP contribution >= 0.6 is 12.4 Å². The molecule has 1 N–H and O–H groups in total. The van der Waals surface area contributed by atoms with Crippen molar-refractivity contribution in [3.63, 3.8) is 0 Å². The first kappa shape index (κ1) is 20.9. The second kappa shape index (κ2) is 9.48. The summed E-state index contributed by atoms with van der Waals surface area (Å²) in [5, 5.41) is 7.25. The predicted octanol–water partition coefficient (Wildman–Crippen LogP) is 3.90. The average Bonchev–Trinajstić information content (AvgIpc) is 3.10. The molecule has 0 saturated heterocycles. The lowest BCUT2D eigenvalue weighted by Crippen LogP contribution is -2.24. The van der Waals surface area contributed by atoms with Gasteiger partial charge in [-0.3, -0.25) is 4.98 Å². The molecule has 1 unspecified atom stereocenters. The summed E-state index contributed by atoms with van der Waals surface area (Å²) < 4.78 is 11.4. The molecule has 0 aliphatic carbocycles. The summed E-state index contributed by atoms with van der Waals surface area (Å²) in [7, 11) is 1.92. The molecule has 1 aromatic carbocycles. The van der Waals surface area contributed by atoms with Crippen LogP contribution in [-0.2, 0) is 13.0 Å². The van der Waals surface area contributed by atoms with E-state index in [1.54, 1.807) is 6.20 Å². The minimum Gasteiger partial charge on any atom is -0.488 e. The number of aromatic nitrogens is 3. The minimum absolute atomic E-state index is 0. The molecule has 0 amide bonds. The van der Waals surface area contributed by atoms with Crippen LogP contribution in [0.2, 0.25) is 0 Å². The summed E-state index contributed by atoms with van der Waals surface area (Å²) in [6.45, 7) is 6.62. The monoisotopic (exact) mass is 388 g/mol. The Kier molecular flexibility index (Phi) is 7.33. The number of rotatable bonds is 7. The highest BCUT2D eigenvalue weighted by Gasteiger charge is 2.14. The van der Waals surface area contributed by atoms with Crippen molar-refractivity contribution >= 4 is 12.4 Å². The van der Waals surface area contributed by atoms with Crippen molar-refractivity contribution in [2.75, 3.05) is 7.05 Å². The fourth-order valence-electron chi connectivity index (χ4n) is 2.77. The van der Waals surface area contributed by atoms with E-state index in [0.717, 1.165) is 34.4 Å². The number of nitrogens with zero attached hydrogens (tertiary/aromatic N) is 3. The predicted molar refractivity (Wildman–Crippen MR) is 107 cm³/mol. The number of ether oxygens (including phenoxy) is 1. The maximum Gasteiger partial charge on any atom is 0.257 e. The van der Waals surface area contributed by atoms with Gasteiger partial charge in [0, 0.05) is 36.0 Å². The second-order valence-electron chi connectivity index (χ2n) is 6.50. The molecule has 0 bridgehead atoms. The average molecular weight is 389 g/mol. The molecule has 0 radical (unpaired) electrons. The number of pyridine rings is 1.